The van der Waals surface area contributed by atoms with Crippen LogP contribution in [0.2, 0.25) is 0 Å². The zero-order valence-corrected chi connectivity index (χ0v) is 11.4. The third-order valence-electron chi connectivity index (χ3n) is 3.13. The number of nitrogens with zero attached hydrogens (tertiary/aromatic N) is 2. The summed E-state index contributed by atoms with van der Waals surface area (Å²) in [5.41, 5.74) is 0.343. The number of carboxylic acid groups (broad SMARTS) is 1. The number of hydrogen-bond acceptors (Lipinski definition) is 5. The highest BCUT2D eigenvalue weighted by Gasteiger charge is 2.32. The number of aliphatic carboxylic acids is 1. The molecule has 0 aliphatic carbocycles. The lowest BCUT2D eigenvalue weighted by Crippen LogP contribution is -2.42. The average Bonchev–Trinajstić information content (AvgIpc) is 2.74. The predicted octanol–water partition coefficient (Wildman–Crippen LogP) is 0.609. The molecule has 7 nitrogen and oxygen atoms in total. The molecule has 1 aromatic rings. The van der Waals surface area contributed by atoms with Gasteiger partial charge in [-0.2, -0.15) is 0 Å². The Hall–Kier alpha value is -1.41. The van der Waals surface area contributed by atoms with Crippen LogP contribution in [-0.2, 0) is 20.6 Å². The van der Waals surface area contributed by atoms with Crippen molar-refractivity contribution >= 4 is 16.0 Å². The van der Waals surface area contributed by atoms with Gasteiger partial charge in [-0.3, -0.25) is 4.79 Å². The molecular weight excluding hydrogens is 272 g/mol. The summed E-state index contributed by atoms with van der Waals surface area (Å²) in [6.45, 7) is 2.09. The van der Waals surface area contributed by atoms with Gasteiger partial charge in [-0.15, -0.1) is 0 Å². The maximum Gasteiger partial charge on any atom is 0.307 e. The first-order valence-electron chi connectivity index (χ1n) is 6.01. The van der Waals surface area contributed by atoms with Gasteiger partial charge in [0.05, 0.1) is 5.92 Å². The van der Waals surface area contributed by atoms with E-state index in [4.69, 9.17) is 9.63 Å². The van der Waals surface area contributed by atoms with Gasteiger partial charge in [0.2, 0.25) is 10.0 Å². The highest BCUT2D eigenvalue weighted by molar-refractivity contribution is 7.88. The van der Waals surface area contributed by atoms with Crippen molar-refractivity contribution in [2.45, 2.75) is 25.5 Å². The molecule has 19 heavy (non-hydrogen) atoms. The van der Waals surface area contributed by atoms with Gasteiger partial charge in [0.25, 0.3) is 0 Å². The SMILES string of the molecule is Cc1cc(CS(=O)(=O)N2CCCC(C(=O)O)C2)no1. The second kappa shape index (κ2) is 5.30. The lowest BCUT2D eigenvalue weighted by molar-refractivity contribution is -0.142. The van der Waals surface area contributed by atoms with Crippen LogP contribution in [0.3, 0.4) is 0 Å². The Morgan fingerprint density at radius 2 is 2.37 bits per heavy atom. The first-order valence-corrected chi connectivity index (χ1v) is 7.62. The Kier molecular flexibility index (Phi) is 3.91. The number of carboxylic acids is 1. The van der Waals surface area contributed by atoms with Crippen molar-refractivity contribution in [1.29, 1.82) is 0 Å². The highest BCUT2D eigenvalue weighted by Crippen LogP contribution is 2.21. The fraction of sp³-hybridized carbons (Fsp3) is 0.636. The van der Waals surface area contributed by atoms with Crippen LogP contribution in [0, 0.1) is 12.8 Å². The van der Waals surface area contributed by atoms with Crippen molar-refractivity contribution in [1.82, 2.24) is 9.46 Å². The Labute approximate surface area is 111 Å². The number of sulfonamides is 1. The number of aryl methyl sites for hydroxylation is 1. The van der Waals surface area contributed by atoms with E-state index in [0.29, 0.717) is 30.8 Å². The summed E-state index contributed by atoms with van der Waals surface area (Å²) in [5.74, 6) is -1.27. The van der Waals surface area contributed by atoms with Crippen molar-refractivity contribution in [2.24, 2.45) is 5.92 Å². The van der Waals surface area contributed by atoms with Gasteiger partial charge in [-0.05, 0) is 19.8 Å². The Balaban J connectivity index is 2.08. The van der Waals surface area contributed by atoms with Gasteiger partial charge in [0.1, 0.15) is 17.2 Å². The number of hydrogen-bond donors (Lipinski definition) is 1. The maximum absolute atomic E-state index is 12.2. The van der Waals surface area contributed by atoms with Crippen molar-refractivity contribution in [3.63, 3.8) is 0 Å². The molecule has 106 valence electrons. The van der Waals surface area contributed by atoms with Gasteiger partial charge >= 0.3 is 5.97 Å². The number of piperidine rings is 1. The molecule has 8 heteroatoms. The summed E-state index contributed by atoms with van der Waals surface area (Å²) in [6.07, 6.45) is 1.08. The largest absolute Gasteiger partial charge is 0.481 e. The normalized spacial score (nSPS) is 21.4. The molecule has 1 N–H and O–H groups in total. The Bertz CT molecular complexity index is 565. The molecule has 0 aromatic carbocycles. The van der Waals surface area contributed by atoms with E-state index >= 15 is 0 Å². The monoisotopic (exact) mass is 288 g/mol. The molecule has 1 aliphatic heterocycles. The van der Waals surface area contributed by atoms with E-state index < -0.39 is 21.9 Å². The maximum atomic E-state index is 12.2. The minimum atomic E-state index is -3.54. The van der Waals surface area contributed by atoms with Crippen LogP contribution in [0.1, 0.15) is 24.3 Å². The molecular formula is C11H16N2O5S. The number of aromatic nitrogens is 1. The molecule has 1 fully saturated rings. The van der Waals surface area contributed by atoms with Crippen LogP contribution in [0.5, 0.6) is 0 Å². The quantitative estimate of drug-likeness (QED) is 0.871. The minimum Gasteiger partial charge on any atom is -0.481 e. The zero-order valence-electron chi connectivity index (χ0n) is 10.6. The van der Waals surface area contributed by atoms with E-state index in [1.165, 1.54) is 4.31 Å². The van der Waals surface area contributed by atoms with Gasteiger partial charge in [-0.1, -0.05) is 5.16 Å². The second-order valence-corrected chi connectivity index (χ2v) is 6.69. The zero-order chi connectivity index (χ0) is 14.0. The summed E-state index contributed by atoms with van der Waals surface area (Å²) < 4.78 is 30.4. The Morgan fingerprint density at radius 3 is 2.95 bits per heavy atom. The standard InChI is InChI=1S/C11H16N2O5S/c1-8-5-10(12-18-8)7-19(16,17)13-4-2-3-9(6-13)11(14)15/h5,9H,2-4,6-7H2,1H3,(H,14,15). The first kappa shape index (κ1) is 14.0. The average molecular weight is 288 g/mol. The van der Waals surface area contributed by atoms with Gasteiger partial charge in [0.15, 0.2) is 0 Å². The molecule has 0 amide bonds. The van der Waals surface area contributed by atoms with Crippen LogP contribution in [-0.4, -0.2) is 42.0 Å². The van der Waals surface area contributed by atoms with Crippen LogP contribution < -0.4 is 0 Å². The highest BCUT2D eigenvalue weighted by atomic mass is 32.2. The van der Waals surface area contributed by atoms with Crippen LogP contribution >= 0.6 is 0 Å². The van der Waals surface area contributed by atoms with Crippen molar-refractivity contribution < 1.29 is 22.8 Å². The van der Waals surface area contributed by atoms with Crippen molar-refractivity contribution in [3.05, 3.63) is 17.5 Å². The molecule has 0 radical (unpaired) electrons. The third-order valence-corrected chi connectivity index (χ3v) is 4.91. The van der Waals surface area contributed by atoms with E-state index in [2.05, 4.69) is 5.16 Å². The molecule has 1 unspecified atom stereocenters. The number of carbonyl (C=O) groups is 1. The van der Waals surface area contributed by atoms with E-state index in [9.17, 15) is 13.2 Å². The van der Waals surface area contributed by atoms with Gasteiger partial charge < -0.3 is 9.63 Å². The molecule has 1 aliphatic rings. The molecule has 2 rings (SSSR count). The molecule has 2 heterocycles. The summed E-state index contributed by atoms with van der Waals surface area (Å²) in [7, 11) is -3.54. The van der Waals surface area contributed by atoms with Gasteiger partial charge in [-0.25, -0.2) is 12.7 Å². The molecule has 0 bridgehead atoms. The van der Waals surface area contributed by atoms with E-state index in [-0.39, 0.29) is 12.3 Å². The fourth-order valence-corrected chi connectivity index (χ4v) is 3.67. The van der Waals surface area contributed by atoms with E-state index in [1.54, 1.807) is 13.0 Å². The lowest BCUT2D eigenvalue weighted by Gasteiger charge is -2.29. The van der Waals surface area contributed by atoms with Crippen LogP contribution in [0.4, 0.5) is 0 Å². The van der Waals surface area contributed by atoms with E-state index in [0.717, 1.165) is 0 Å². The molecule has 1 aromatic heterocycles. The second-order valence-electron chi connectivity index (χ2n) is 4.72. The Morgan fingerprint density at radius 1 is 1.63 bits per heavy atom. The molecule has 1 atom stereocenters. The smallest absolute Gasteiger partial charge is 0.307 e. The predicted molar refractivity (Wildman–Crippen MR) is 65.8 cm³/mol. The minimum absolute atomic E-state index is 0.0362. The molecule has 1 saturated heterocycles. The summed E-state index contributed by atoms with van der Waals surface area (Å²) in [5, 5.41) is 12.6. The van der Waals surface area contributed by atoms with Crippen LogP contribution in [0.15, 0.2) is 10.6 Å². The molecule has 0 spiro atoms. The fourth-order valence-electron chi connectivity index (χ4n) is 2.16. The lowest BCUT2D eigenvalue weighted by atomic mass is 10.0. The van der Waals surface area contributed by atoms with Crippen molar-refractivity contribution in [2.75, 3.05) is 13.1 Å². The van der Waals surface area contributed by atoms with Gasteiger partial charge in [0, 0.05) is 19.2 Å². The molecule has 0 saturated carbocycles. The topological polar surface area (TPSA) is 101 Å². The number of rotatable bonds is 4. The van der Waals surface area contributed by atoms with Crippen LogP contribution in [0.25, 0.3) is 0 Å². The summed E-state index contributed by atoms with van der Waals surface area (Å²) in [6, 6.07) is 1.57. The van der Waals surface area contributed by atoms with Crippen molar-refractivity contribution in [3.8, 4) is 0 Å². The summed E-state index contributed by atoms with van der Waals surface area (Å²) >= 11 is 0. The first-order chi connectivity index (χ1) is 8.88. The summed E-state index contributed by atoms with van der Waals surface area (Å²) in [4.78, 5) is 10.9. The van der Waals surface area contributed by atoms with E-state index in [1.807, 2.05) is 0 Å². The third kappa shape index (κ3) is 3.32.